The number of fused-ring (bicyclic) bond motifs is 1. The first-order chi connectivity index (χ1) is 18.4. The van der Waals surface area contributed by atoms with Crippen LogP contribution in [-0.2, 0) is 20.8 Å². The smallest absolute Gasteiger partial charge is 0.308 e. The summed E-state index contributed by atoms with van der Waals surface area (Å²) in [5.74, 6) is -0.886. The summed E-state index contributed by atoms with van der Waals surface area (Å²) in [5, 5.41) is 10.4. The molecule has 1 N–H and O–H groups in total. The summed E-state index contributed by atoms with van der Waals surface area (Å²) in [6, 6.07) is 5.67. The van der Waals surface area contributed by atoms with E-state index in [9.17, 15) is 19.5 Å². The number of carboxylic acids is 1. The summed E-state index contributed by atoms with van der Waals surface area (Å²) in [5.41, 5.74) is 2.10. The van der Waals surface area contributed by atoms with E-state index in [0.717, 1.165) is 53.6 Å². The number of carbonyl (C=O) groups excluding carboxylic acids is 2. The van der Waals surface area contributed by atoms with Crippen molar-refractivity contribution in [3.05, 3.63) is 29.3 Å². The highest BCUT2D eigenvalue weighted by molar-refractivity contribution is 5.79. The molecule has 3 atom stereocenters. The van der Waals surface area contributed by atoms with Crippen LogP contribution in [0.5, 0.6) is 5.75 Å². The second kappa shape index (κ2) is 13.6. The fraction of sp³-hybridized carbons (Fsp3) is 0.700. The average molecular weight is 546 g/mol. The van der Waals surface area contributed by atoms with Gasteiger partial charge in [0.2, 0.25) is 11.8 Å². The number of carboxylic acid groups (broad SMARTS) is 1. The summed E-state index contributed by atoms with van der Waals surface area (Å²) in [6.07, 6.45) is 4.20. The number of likely N-dealkylation sites (tertiary alicyclic amines) is 1. The Kier molecular flexibility index (Phi) is 10.8. The van der Waals surface area contributed by atoms with Gasteiger partial charge in [-0.2, -0.15) is 0 Å². The van der Waals surface area contributed by atoms with Crippen LogP contribution in [-0.4, -0.2) is 122 Å². The van der Waals surface area contributed by atoms with Crippen LogP contribution in [0.3, 0.4) is 0 Å². The summed E-state index contributed by atoms with van der Waals surface area (Å²) < 4.78 is 6.52. The molecule has 218 valence electrons. The van der Waals surface area contributed by atoms with Gasteiger partial charge in [0.05, 0.1) is 46.8 Å². The SMILES string of the molecule is CCCCN(CCC[N+](C)(C)C)C(=O)CN1C[C@H](c2ccc3c(c2)CCO3)C(C(=O)O)[C@@H]1CCN(C)C(C)=O. The molecular weight excluding hydrogens is 496 g/mol. The van der Waals surface area contributed by atoms with Gasteiger partial charge in [-0.05, 0) is 30.0 Å². The highest BCUT2D eigenvalue weighted by Gasteiger charge is 2.47. The molecule has 0 saturated carbocycles. The lowest BCUT2D eigenvalue weighted by Crippen LogP contribution is -2.46. The van der Waals surface area contributed by atoms with Crippen molar-refractivity contribution in [3.63, 3.8) is 0 Å². The van der Waals surface area contributed by atoms with Crippen LogP contribution >= 0.6 is 0 Å². The molecule has 0 bridgehead atoms. The Balaban J connectivity index is 1.84. The second-order valence-electron chi connectivity index (χ2n) is 12.3. The molecule has 2 aliphatic rings. The molecule has 1 aromatic carbocycles. The van der Waals surface area contributed by atoms with Crippen molar-refractivity contribution in [2.24, 2.45) is 5.92 Å². The molecule has 9 heteroatoms. The molecule has 3 rings (SSSR count). The van der Waals surface area contributed by atoms with Gasteiger partial charge in [0.15, 0.2) is 0 Å². The molecule has 2 amide bonds. The number of benzene rings is 1. The highest BCUT2D eigenvalue weighted by Crippen LogP contribution is 2.41. The number of quaternary nitrogens is 1. The molecule has 1 fully saturated rings. The van der Waals surface area contributed by atoms with E-state index in [1.54, 1.807) is 11.9 Å². The van der Waals surface area contributed by atoms with Crippen molar-refractivity contribution >= 4 is 17.8 Å². The van der Waals surface area contributed by atoms with E-state index in [2.05, 4.69) is 39.0 Å². The molecule has 0 radical (unpaired) electrons. The quantitative estimate of drug-likeness (QED) is 0.362. The number of amides is 2. The topological polar surface area (TPSA) is 90.4 Å². The maximum atomic E-state index is 13.7. The number of carbonyl (C=O) groups is 3. The Morgan fingerprint density at radius 1 is 1.13 bits per heavy atom. The fourth-order valence-corrected chi connectivity index (χ4v) is 5.83. The van der Waals surface area contributed by atoms with Crippen LogP contribution in [0.2, 0.25) is 0 Å². The predicted octanol–water partition coefficient (Wildman–Crippen LogP) is 2.68. The van der Waals surface area contributed by atoms with Crippen molar-refractivity contribution in [1.29, 1.82) is 0 Å². The first kappa shape index (κ1) is 30.9. The summed E-state index contributed by atoms with van der Waals surface area (Å²) >= 11 is 0. The number of rotatable bonds is 14. The molecule has 1 unspecified atom stereocenters. The van der Waals surface area contributed by atoms with Gasteiger partial charge >= 0.3 is 5.97 Å². The van der Waals surface area contributed by atoms with Crippen LogP contribution in [0, 0.1) is 5.92 Å². The van der Waals surface area contributed by atoms with E-state index >= 15 is 0 Å². The van der Waals surface area contributed by atoms with Crippen LogP contribution in [0.25, 0.3) is 0 Å². The van der Waals surface area contributed by atoms with Gasteiger partial charge in [-0.3, -0.25) is 19.3 Å². The zero-order chi connectivity index (χ0) is 28.7. The second-order valence-corrected chi connectivity index (χ2v) is 12.3. The number of nitrogens with zero attached hydrogens (tertiary/aromatic N) is 4. The molecule has 1 saturated heterocycles. The molecule has 2 aliphatic heterocycles. The van der Waals surface area contributed by atoms with Crippen LogP contribution in [0.15, 0.2) is 18.2 Å². The summed E-state index contributed by atoms with van der Waals surface area (Å²) in [4.78, 5) is 44.0. The Morgan fingerprint density at radius 2 is 1.85 bits per heavy atom. The lowest BCUT2D eigenvalue weighted by molar-refractivity contribution is -0.870. The number of ether oxygens (including phenoxy) is 1. The first-order valence-corrected chi connectivity index (χ1v) is 14.4. The maximum absolute atomic E-state index is 13.7. The van der Waals surface area contributed by atoms with E-state index in [1.807, 2.05) is 17.0 Å². The van der Waals surface area contributed by atoms with E-state index in [0.29, 0.717) is 39.2 Å². The molecule has 2 heterocycles. The zero-order valence-electron chi connectivity index (χ0n) is 24.8. The normalized spacial score (nSPS) is 20.9. The largest absolute Gasteiger partial charge is 0.493 e. The number of hydrogen-bond acceptors (Lipinski definition) is 5. The first-order valence-electron chi connectivity index (χ1n) is 14.4. The molecule has 9 nitrogen and oxygen atoms in total. The Morgan fingerprint density at radius 3 is 2.49 bits per heavy atom. The molecule has 1 aromatic rings. The Labute approximate surface area is 234 Å². The van der Waals surface area contributed by atoms with E-state index in [4.69, 9.17) is 4.74 Å². The van der Waals surface area contributed by atoms with Crippen LogP contribution < -0.4 is 4.74 Å². The van der Waals surface area contributed by atoms with E-state index in [-0.39, 0.29) is 30.3 Å². The third-order valence-corrected chi connectivity index (χ3v) is 8.20. The Hall–Kier alpha value is -2.65. The lowest BCUT2D eigenvalue weighted by Gasteiger charge is -2.31. The maximum Gasteiger partial charge on any atom is 0.308 e. The van der Waals surface area contributed by atoms with E-state index in [1.165, 1.54) is 6.92 Å². The van der Waals surface area contributed by atoms with Crippen LogP contribution in [0.1, 0.15) is 56.6 Å². The third kappa shape index (κ3) is 8.42. The van der Waals surface area contributed by atoms with Crippen molar-refractivity contribution in [1.82, 2.24) is 14.7 Å². The van der Waals surface area contributed by atoms with Gasteiger partial charge in [-0.1, -0.05) is 25.5 Å². The van der Waals surface area contributed by atoms with E-state index < -0.39 is 11.9 Å². The minimum atomic E-state index is -0.854. The van der Waals surface area contributed by atoms with Crippen molar-refractivity contribution < 1.29 is 28.7 Å². The number of hydrogen-bond donors (Lipinski definition) is 1. The van der Waals surface area contributed by atoms with Crippen molar-refractivity contribution in [3.8, 4) is 5.75 Å². The lowest BCUT2D eigenvalue weighted by atomic mass is 9.83. The van der Waals surface area contributed by atoms with Crippen molar-refractivity contribution in [2.45, 2.75) is 57.9 Å². The summed E-state index contributed by atoms with van der Waals surface area (Å²) in [7, 11) is 8.20. The Bertz CT molecular complexity index is 1010. The third-order valence-electron chi connectivity index (χ3n) is 8.20. The van der Waals surface area contributed by atoms with Gasteiger partial charge in [-0.25, -0.2) is 0 Å². The standard InChI is InChI=1S/C30H48N4O5/c1-7-8-14-32(15-9-17-34(4,5)6)28(36)21-33-20-25(23-10-11-27-24(19-23)13-18-39-27)29(30(37)38)26(33)12-16-31(3)22(2)35/h10-11,19,25-26,29H,7-9,12-18,20-21H2,1-6H3/p+1/t25-,26+,29?/m1/s1. The molecule has 0 spiro atoms. The minimum Gasteiger partial charge on any atom is -0.493 e. The minimum absolute atomic E-state index is 0.0549. The molecule has 39 heavy (non-hydrogen) atoms. The summed E-state index contributed by atoms with van der Waals surface area (Å²) in [6.45, 7) is 7.82. The fourth-order valence-electron chi connectivity index (χ4n) is 5.83. The van der Waals surface area contributed by atoms with Gasteiger partial charge in [-0.15, -0.1) is 0 Å². The number of aliphatic carboxylic acids is 1. The molecular formula is C30H49N4O5+. The van der Waals surface area contributed by atoms with Gasteiger partial charge in [0, 0.05) is 65.0 Å². The van der Waals surface area contributed by atoms with Gasteiger partial charge in [0.1, 0.15) is 5.75 Å². The zero-order valence-corrected chi connectivity index (χ0v) is 24.8. The monoisotopic (exact) mass is 545 g/mol. The van der Waals surface area contributed by atoms with Crippen LogP contribution in [0.4, 0.5) is 0 Å². The number of unbranched alkanes of at least 4 members (excludes halogenated alkanes) is 1. The predicted molar refractivity (Wildman–Crippen MR) is 152 cm³/mol. The molecule has 0 aromatic heterocycles. The van der Waals surface area contributed by atoms with Gasteiger partial charge < -0.3 is 24.1 Å². The van der Waals surface area contributed by atoms with Gasteiger partial charge in [0.25, 0.3) is 0 Å². The molecule has 0 aliphatic carbocycles. The average Bonchev–Trinajstić information content (AvgIpc) is 3.47. The van der Waals surface area contributed by atoms with Crippen molar-refractivity contribution in [2.75, 3.05) is 74.1 Å². The highest BCUT2D eigenvalue weighted by atomic mass is 16.5.